The van der Waals surface area contributed by atoms with E-state index in [1.54, 1.807) is 32.2 Å². The lowest BCUT2D eigenvalue weighted by Gasteiger charge is -2.06. The summed E-state index contributed by atoms with van der Waals surface area (Å²) in [6, 6.07) is 10.7. The van der Waals surface area contributed by atoms with Crippen LogP contribution >= 0.6 is 0 Å². The van der Waals surface area contributed by atoms with E-state index in [1.165, 1.54) is 0 Å². The van der Waals surface area contributed by atoms with Gasteiger partial charge in [-0.25, -0.2) is 14.8 Å². The summed E-state index contributed by atoms with van der Waals surface area (Å²) in [6.45, 7) is 2.12. The van der Waals surface area contributed by atoms with Crippen LogP contribution in [-0.4, -0.2) is 29.7 Å². The summed E-state index contributed by atoms with van der Waals surface area (Å²) in [4.78, 5) is 20.9. The molecule has 21 heavy (non-hydrogen) atoms. The number of ether oxygens (including phenoxy) is 2. The van der Waals surface area contributed by atoms with Crippen LogP contribution in [0.25, 0.3) is 22.1 Å². The number of hydrogen-bond acceptors (Lipinski definition) is 5. The van der Waals surface area contributed by atoms with Crippen LogP contribution in [0.3, 0.4) is 0 Å². The number of methoxy groups -OCH3 is 1. The summed E-state index contributed by atoms with van der Waals surface area (Å²) < 4.78 is 10.3. The number of para-hydroxylation sites is 1. The van der Waals surface area contributed by atoms with Crippen LogP contribution < -0.4 is 4.74 Å². The van der Waals surface area contributed by atoms with Gasteiger partial charge in [-0.15, -0.1) is 0 Å². The summed E-state index contributed by atoms with van der Waals surface area (Å²) in [7, 11) is 1.60. The zero-order chi connectivity index (χ0) is 14.8. The van der Waals surface area contributed by atoms with Crippen molar-refractivity contribution in [2.75, 3.05) is 13.7 Å². The molecule has 0 spiro atoms. The highest BCUT2D eigenvalue weighted by Gasteiger charge is 2.10. The van der Waals surface area contributed by atoms with Crippen LogP contribution in [0.15, 0.2) is 36.4 Å². The van der Waals surface area contributed by atoms with Gasteiger partial charge in [-0.05, 0) is 37.3 Å². The number of rotatable bonds is 3. The molecule has 0 aliphatic rings. The molecule has 0 bridgehead atoms. The molecule has 0 fully saturated rings. The first-order valence-corrected chi connectivity index (χ1v) is 6.64. The lowest BCUT2D eigenvalue weighted by Crippen LogP contribution is -2.04. The van der Waals surface area contributed by atoms with Crippen molar-refractivity contribution in [2.45, 2.75) is 6.92 Å². The number of carbonyl (C=O) groups excluding carboxylic acids is 1. The first kappa shape index (κ1) is 13.3. The molecule has 0 amide bonds. The topological polar surface area (TPSA) is 61.3 Å². The Labute approximate surface area is 121 Å². The number of hydrogen-bond donors (Lipinski definition) is 0. The molecular formula is C16H14N2O3. The second-order valence-corrected chi connectivity index (χ2v) is 4.48. The minimum Gasteiger partial charge on any atom is -0.494 e. The highest BCUT2D eigenvalue weighted by molar-refractivity contribution is 5.96. The lowest BCUT2D eigenvalue weighted by atomic mass is 10.2. The van der Waals surface area contributed by atoms with Crippen LogP contribution in [0, 0.1) is 0 Å². The van der Waals surface area contributed by atoms with E-state index >= 15 is 0 Å². The Bertz CT molecular complexity index is 830. The maximum absolute atomic E-state index is 11.8. The minimum absolute atomic E-state index is 0.345. The van der Waals surface area contributed by atoms with Crippen molar-refractivity contribution in [3.63, 3.8) is 0 Å². The SMILES string of the molecule is CCOC(=O)c1ccc2nc3c(OC)cccc3nc2c1. The third-order valence-corrected chi connectivity index (χ3v) is 3.16. The van der Waals surface area contributed by atoms with E-state index < -0.39 is 0 Å². The summed E-state index contributed by atoms with van der Waals surface area (Å²) in [5, 5.41) is 0. The van der Waals surface area contributed by atoms with Gasteiger partial charge in [-0.3, -0.25) is 0 Å². The summed E-state index contributed by atoms with van der Waals surface area (Å²) in [5.74, 6) is 0.323. The van der Waals surface area contributed by atoms with Gasteiger partial charge in [0.25, 0.3) is 0 Å². The number of carbonyl (C=O) groups is 1. The summed E-state index contributed by atoms with van der Waals surface area (Å²) in [5.41, 5.74) is 3.27. The van der Waals surface area contributed by atoms with Crippen LogP contribution in [0.2, 0.25) is 0 Å². The average Bonchev–Trinajstić information content (AvgIpc) is 2.52. The molecule has 1 heterocycles. The van der Waals surface area contributed by atoms with Crippen molar-refractivity contribution in [3.05, 3.63) is 42.0 Å². The highest BCUT2D eigenvalue weighted by atomic mass is 16.5. The first-order valence-electron chi connectivity index (χ1n) is 6.64. The second-order valence-electron chi connectivity index (χ2n) is 4.48. The Morgan fingerprint density at radius 3 is 2.71 bits per heavy atom. The van der Waals surface area contributed by atoms with Gasteiger partial charge in [0.2, 0.25) is 0 Å². The van der Waals surface area contributed by atoms with Gasteiger partial charge in [0.05, 0.1) is 35.8 Å². The third-order valence-electron chi connectivity index (χ3n) is 3.16. The maximum atomic E-state index is 11.8. The normalized spacial score (nSPS) is 10.8. The van der Waals surface area contributed by atoms with E-state index in [1.807, 2.05) is 18.2 Å². The fourth-order valence-corrected chi connectivity index (χ4v) is 2.18. The molecule has 5 nitrogen and oxygen atoms in total. The van der Waals surface area contributed by atoms with Crippen molar-refractivity contribution >= 4 is 28.0 Å². The molecule has 3 aromatic rings. The highest BCUT2D eigenvalue weighted by Crippen LogP contribution is 2.25. The smallest absolute Gasteiger partial charge is 0.338 e. The average molecular weight is 282 g/mol. The van der Waals surface area contributed by atoms with Gasteiger partial charge in [0, 0.05) is 0 Å². The predicted molar refractivity (Wildman–Crippen MR) is 79.6 cm³/mol. The van der Waals surface area contributed by atoms with Crippen LogP contribution in [0.4, 0.5) is 0 Å². The van der Waals surface area contributed by atoms with Crippen LogP contribution in [0.1, 0.15) is 17.3 Å². The Kier molecular flexibility index (Phi) is 3.39. The van der Waals surface area contributed by atoms with Crippen LogP contribution in [-0.2, 0) is 4.74 Å². The molecule has 5 heteroatoms. The number of benzene rings is 2. The Morgan fingerprint density at radius 2 is 1.95 bits per heavy atom. The van der Waals surface area contributed by atoms with E-state index in [4.69, 9.17) is 9.47 Å². The standard InChI is InChI=1S/C16H14N2O3/c1-3-21-16(19)10-7-8-11-13(9-10)17-12-5-4-6-14(20-2)15(12)18-11/h4-9H,3H2,1-2H3. The second kappa shape index (κ2) is 5.36. The van der Waals surface area contributed by atoms with Gasteiger partial charge in [-0.2, -0.15) is 0 Å². The molecule has 0 saturated heterocycles. The molecule has 3 rings (SSSR count). The Balaban J connectivity index is 2.18. The third kappa shape index (κ3) is 2.38. The van der Waals surface area contributed by atoms with Gasteiger partial charge in [-0.1, -0.05) is 6.07 Å². The van der Waals surface area contributed by atoms with Gasteiger partial charge >= 0.3 is 5.97 Å². The molecule has 0 N–H and O–H groups in total. The molecule has 106 valence electrons. The van der Waals surface area contributed by atoms with E-state index in [0.717, 1.165) is 5.52 Å². The van der Waals surface area contributed by atoms with Gasteiger partial charge in [0.1, 0.15) is 11.3 Å². The fraction of sp³-hybridized carbons (Fsp3) is 0.188. The molecule has 1 aromatic heterocycles. The molecule has 0 atom stereocenters. The molecular weight excluding hydrogens is 268 g/mol. The molecule has 0 saturated carbocycles. The van der Waals surface area contributed by atoms with Crippen LogP contribution in [0.5, 0.6) is 5.75 Å². The quantitative estimate of drug-likeness (QED) is 0.546. The van der Waals surface area contributed by atoms with Crippen molar-refractivity contribution in [3.8, 4) is 5.75 Å². The summed E-state index contributed by atoms with van der Waals surface area (Å²) >= 11 is 0. The zero-order valence-corrected chi connectivity index (χ0v) is 11.8. The van der Waals surface area contributed by atoms with E-state index in [0.29, 0.717) is 34.5 Å². The predicted octanol–water partition coefficient (Wildman–Crippen LogP) is 2.97. The number of esters is 1. The van der Waals surface area contributed by atoms with Crippen molar-refractivity contribution in [1.29, 1.82) is 0 Å². The minimum atomic E-state index is -0.355. The van der Waals surface area contributed by atoms with Gasteiger partial charge < -0.3 is 9.47 Å². The van der Waals surface area contributed by atoms with Crippen molar-refractivity contribution in [2.24, 2.45) is 0 Å². The first-order chi connectivity index (χ1) is 10.2. The van der Waals surface area contributed by atoms with Gasteiger partial charge in [0.15, 0.2) is 0 Å². The zero-order valence-electron chi connectivity index (χ0n) is 11.8. The Morgan fingerprint density at radius 1 is 1.10 bits per heavy atom. The van der Waals surface area contributed by atoms with E-state index in [9.17, 15) is 4.79 Å². The van der Waals surface area contributed by atoms with Crippen molar-refractivity contribution < 1.29 is 14.3 Å². The fourth-order valence-electron chi connectivity index (χ4n) is 2.18. The molecule has 0 aliphatic carbocycles. The molecule has 2 aromatic carbocycles. The molecule has 0 radical (unpaired) electrons. The lowest BCUT2D eigenvalue weighted by molar-refractivity contribution is 0.0526. The molecule has 0 unspecified atom stereocenters. The molecule has 0 aliphatic heterocycles. The number of nitrogens with zero attached hydrogens (tertiary/aromatic N) is 2. The van der Waals surface area contributed by atoms with E-state index in [-0.39, 0.29) is 5.97 Å². The number of aromatic nitrogens is 2. The Hall–Kier alpha value is -2.69. The largest absolute Gasteiger partial charge is 0.494 e. The summed E-state index contributed by atoms with van der Waals surface area (Å²) in [6.07, 6.45) is 0. The van der Waals surface area contributed by atoms with E-state index in [2.05, 4.69) is 9.97 Å². The van der Waals surface area contributed by atoms with Crippen molar-refractivity contribution in [1.82, 2.24) is 9.97 Å². The maximum Gasteiger partial charge on any atom is 0.338 e. The monoisotopic (exact) mass is 282 g/mol. The number of fused-ring (bicyclic) bond motifs is 2.